The fourth-order valence-electron chi connectivity index (χ4n) is 1.45. The van der Waals surface area contributed by atoms with Crippen LogP contribution in [0.25, 0.3) is 0 Å². The van der Waals surface area contributed by atoms with E-state index in [-0.39, 0.29) is 13.1 Å². The molecule has 1 aromatic rings. The number of anilines is 1. The highest BCUT2D eigenvalue weighted by Gasteiger charge is 2.16. The molecule has 100 valence electrons. The van der Waals surface area contributed by atoms with E-state index in [1.54, 1.807) is 24.3 Å². The number of nitrogens with zero attached hydrogens (tertiary/aromatic N) is 2. The molecule has 0 aromatic heterocycles. The molecule has 0 saturated heterocycles. The number of benzene rings is 1. The first-order chi connectivity index (χ1) is 9.10. The van der Waals surface area contributed by atoms with Gasteiger partial charge in [0, 0.05) is 5.69 Å². The van der Waals surface area contributed by atoms with Crippen molar-refractivity contribution in [1.82, 2.24) is 0 Å². The lowest BCUT2D eigenvalue weighted by Crippen LogP contribution is -2.35. The molecular weight excluding hydrogens is 248 g/mol. The number of carbonyl (C=O) groups is 2. The lowest BCUT2D eigenvalue weighted by atomic mass is 10.2. The molecule has 6 heteroatoms. The van der Waals surface area contributed by atoms with E-state index in [9.17, 15) is 9.59 Å². The van der Waals surface area contributed by atoms with E-state index in [0.717, 1.165) is 0 Å². The van der Waals surface area contributed by atoms with E-state index >= 15 is 0 Å². The van der Waals surface area contributed by atoms with Crippen LogP contribution in [0.4, 0.5) is 5.69 Å². The number of nitriles is 1. The lowest BCUT2D eigenvalue weighted by Gasteiger charge is -2.22. The number of hydrogen-bond acceptors (Lipinski definition) is 6. The average molecular weight is 262 g/mol. The van der Waals surface area contributed by atoms with Crippen LogP contribution in [0.2, 0.25) is 0 Å². The van der Waals surface area contributed by atoms with Gasteiger partial charge in [-0.15, -0.1) is 0 Å². The van der Waals surface area contributed by atoms with Crippen molar-refractivity contribution in [1.29, 1.82) is 5.26 Å². The van der Waals surface area contributed by atoms with Crippen LogP contribution in [0, 0.1) is 11.3 Å². The molecule has 0 fully saturated rings. The van der Waals surface area contributed by atoms with Crippen LogP contribution < -0.4 is 4.90 Å². The Kier molecular flexibility index (Phi) is 5.35. The van der Waals surface area contributed by atoms with E-state index < -0.39 is 11.9 Å². The highest BCUT2D eigenvalue weighted by Crippen LogP contribution is 2.15. The van der Waals surface area contributed by atoms with E-state index in [0.29, 0.717) is 11.3 Å². The summed E-state index contributed by atoms with van der Waals surface area (Å²) < 4.78 is 9.15. The van der Waals surface area contributed by atoms with Gasteiger partial charge in [0.2, 0.25) is 0 Å². The van der Waals surface area contributed by atoms with Crippen LogP contribution in [0.3, 0.4) is 0 Å². The molecule has 0 bridgehead atoms. The van der Waals surface area contributed by atoms with Crippen LogP contribution in [-0.4, -0.2) is 39.2 Å². The van der Waals surface area contributed by atoms with Crippen molar-refractivity contribution in [2.45, 2.75) is 0 Å². The Hall–Kier alpha value is -2.55. The van der Waals surface area contributed by atoms with Crippen LogP contribution in [-0.2, 0) is 19.1 Å². The Morgan fingerprint density at radius 1 is 1.21 bits per heavy atom. The summed E-state index contributed by atoms with van der Waals surface area (Å²) in [6.45, 7) is -0.193. The van der Waals surface area contributed by atoms with E-state index in [1.165, 1.54) is 19.1 Å². The first-order valence-electron chi connectivity index (χ1n) is 5.49. The van der Waals surface area contributed by atoms with Crippen molar-refractivity contribution in [3.8, 4) is 6.07 Å². The normalized spacial score (nSPS) is 9.32. The Bertz CT molecular complexity index is 490. The summed E-state index contributed by atoms with van der Waals surface area (Å²) in [4.78, 5) is 24.2. The van der Waals surface area contributed by atoms with Crippen LogP contribution in [0.5, 0.6) is 0 Å². The molecule has 1 rings (SSSR count). The zero-order valence-electron chi connectivity index (χ0n) is 10.8. The molecule has 0 aliphatic rings. The maximum absolute atomic E-state index is 11.3. The van der Waals surface area contributed by atoms with Crippen molar-refractivity contribution >= 4 is 17.6 Å². The summed E-state index contributed by atoms with van der Waals surface area (Å²) >= 11 is 0. The number of rotatable bonds is 5. The smallest absolute Gasteiger partial charge is 0.325 e. The van der Waals surface area contributed by atoms with Gasteiger partial charge >= 0.3 is 11.9 Å². The second-order valence-electron chi connectivity index (χ2n) is 3.67. The van der Waals surface area contributed by atoms with Gasteiger partial charge in [-0.1, -0.05) is 6.07 Å². The summed E-state index contributed by atoms with van der Waals surface area (Å²) in [5.41, 5.74) is 1.02. The zero-order valence-corrected chi connectivity index (χ0v) is 10.8. The maximum Gasteiger partial charge on any atom is 0.325 e. The minimum Gasteiger partial charge on any atom is -0.468 e. The summed E-state index contributed by atoms with van der Waals surface area (Å²) in [5, 5.41) is 8.85. The second-order valence-corrected chi connectivity index (χ2v) is 3.67. The third-order valence-electron chi connectivity index (χ3n) is 2.44. The molecule has 19 heavy (non-hydrogen) atoms. The van der Waals surface area contributed by atoms with Crippen molar-refractivity contribution < 1.29 is 19.1 Å². The summed E-state index contributed by atoms with van der Waals surface area (Å²) in [5.74, 6) is -0.961. The molecule has 0 amide bonds. The molecule has 0 spiro atoms. The topological polar surface area (TPSA) is 79.6 Å². The average Bonchev–Trinajstić information content (AvgIpc) is 2.46. The van der Waals surface area contributed by atoms with Crippen molar-refractivity contribution in [2.75, 3.05) is 32.2 Å². The minimum atomic E-state index is -0.480. The number of esters is 2. The third kappa shape index (κ3) is 4.32. The number of hydrogen-bond donors (Lipinski definition) is 0. The number of methoxy groups -OCH3 is 2. The van der Waals surface area contributed by atoms with Crippen molar-refractivity contribution in [2.24, 2.45) is 0 Å². The van der Waals surface area contributed by atoms with Gasteiger partial charge in [0.15, 0.2) is 0 Å². The monoisotopic (exact) mass is 262 g/mol. The van der Waals surface area contributed by atoms with Gasteiger partial charge in [-0.05, 0) is 18.2 Å². The molecular formula is C13H14N2O4. The van der Waals surface area contributed by atoms with Crippen molar-refractivity contribution in [3.63, 3.8) is 0 Å². The van der Waals surface area contributed by atoms with Crippen molar-refractivity contribution in [3.05, 3.63) is 29.8 Å². The molecule has 0 radical (unpaired) electrons. The number of ether oxygens (including phenoxy) is 2. The summed E-state index contributed by atoms with van der Waals surface area (Å²) in [6, 6.07) is 8.60. The zero-order chi connectivity index (χ0) is 14.3. The molecule has 0 saturated carbocycles. The molecule has 0 heterocycles. The molecule has 1 aromatic carbocycles. The molecule has 6 nitrogen and oxygen atoms in total. The Morgan fingerprint density at radius 3 is 2.26 bits per heavy atom. The first-order valence-corrected chi connectivity index (χ1v) is 5.49. The molecule has 0 aliphatic heterocycles. The standard InChI is InChI=1S/C13H14N2O4/c1-18-12(16)8-15(9-13(17)19-2)11-5-3-4-10(6-11)7-14/h3-6H,8-9H2,1-2H3. The van der Waals surface area contributed by atoms with Gasteiger partial charge < -0.3 is 14.4 Å². The SMILES string of the molecule is COC(=O)CN(CC(=O)OC)c1cccc(C#N)c1. The van der Waals surface area contributed by atoms with Gasteiger partial charge in [0.1, 0.15) is 13.1 Å². The molecule has 0 atom stereocenters. The van der Waals surface area contributed by atoms with Crippen LogP contribution >= 0.6 is 0 Å². The van der Waals surface area contributed by atoms with E-state index in [4.69, 9.17) is 5.26 Å². The van der Waals surface area contributed by atoms with Gasteiger partial charge in [-0.3, -0.25) is 9.59 Å². The number of carbonyl (C=O) groups excluding carboxylic acids is 2. The highest BCUT2D eigenvalue weighted by molar-refractivity contribution is 5.81. The predicted molar refractivity (Wildman–Crippen MR) is 67.4 cm³/mol. The predicted octanol–water partition coefficient (Wildman–Crippen LogP) is 0.711. The van der Waals surface area contributed by atoms with E-state index in [1.807, 2.05) is 6.07 Å². The Labute approximate surface area is 111 Å². The highest BCUT2D eigenvalue weighted by atomic mass is 16.5. The summed E-state index contributed by atoms with van der Waals surface area (Å²) in [7, 11) is 2.54. The van der Waals surface area contributed by atoms with E-state index in [2.05, 4.69) is 9.47 Å². The Balaban J connectivity index is 2.97. The quantitative estimate of drug-likeness (QED) is 0.727. The van der Waals surface area contributed by atoms with Gasteiger partial charge in [-0.2, -0.15) is 5.26 Å². The fourth-order valence-corrected chi connectivity index (χ4v) is 1.45. The molecule has 0 aliphatic carbocycles. The second kappa shape index (κ2) is 7.01. The molecule has 0 N–H and O–H groups in total. The minimum absolute atomic E-state index is 0.0967. The molecule has 0 unspecified atom stereocenters. The summed E-state index contributed by atoms with van der Waals surface area (Å²) in [6.07, 6.45) is 0. The van der Waals surface area contributed by atoms with Gasteiger partial charge in [0.05, 0.1) is 25.9 Å². The van der Waals surface area contributed by atoms with Gasteiger partial charge in [0.25, 0.3) is 0 Å². The Morgan fingerprint density at radius 2 is 1.79 bits per heavy atom. The maximum atomic E-state index is 11.3. The lowest BCUT2D eigenvalue weighted by molar-refractivity contribution is -0.140. The van der Waals surface area contributed by atoms with Crippen LogP contribution in [0.15, 0.2) is 24.3 Å². The fraction of sp³-hybridized carbons (Fsp3) is 0.308. The largest absolute Gasteiger partial charge is 0.468 e. The first kappa shape index (κ1) is 14.5. The third-order valence-corrected chi connectivity index (χ3v) is 2.44. The van der Waals surface area contributed by atoms with Gasteiger partial charge in [-0.25, -0.2) is 0 Å². The van der Waals surface area contributed by atoms with Crippen LogP contribution in [0.1, 0.15) is 5.56 Å².